The van der Waals surface area contributed by atoms with Gasteiger partial charge in [-0.05, 0) is 92.9 Å². The molecule has 0 unspecified atom stereocenters. The van der Waals surface area contributed by atoms with Crippen LogP contribution in [0.25, 0.3) is 22.2 Å². The predicted octanol–water partition coefficient (Wildman–Crippen LogP) is 5.81. The number of fused-ring (bicyclic) bond motifs is 1. The molecule has 5 rings (SSSR count). The molecular weight excluding hydrogens is 420 g/mol. The molecule has 5 heteroatoms. The number of H-pyrrole nitrogens is 1. The number of aromatic amines is 1. The molecule has 0 bridgehead atoms. The van der Waals surface area contributed by atoms with Crippen molar-refractivity contribution in [2.24, 2.45) is 0 Å². The molecule has 1 aromatic carbocycles. The van der Waals surface area contributed by atoms with E-state index in [4.69, 9.17) is 4.98 Å². The summed E-state index contributed by atoms with van der Waals surface area (Å²) in [5, 5.41) is 1.36. The zero-order valence-electron chi connectivity index (χ0n) is 21.3. The van der Waals surface area contributed by atoms with E-state index in [0.29, 0.717) is 24.3 Å². The van der Waals surface area contributed by atoms with E-state index >= 15 is 0 Å². The fourth-order valence-corrected chi connectivity index (χ4v) is 5.50. The van der Waals surface area contributed by atoms with Crippen molar-refractivity contribution in [1.29, 1.82) is 0 Å². The molecule has 1 saturated carbocycles. The minimum Gasteiger partial charge on any atom is -0.354 e. The average molecular weight is 459 g/mol. The second-order valence-corrected chi connectivity index (χ2v) is 10.9. The summed E-state index contributed by atoms with van der Waals surface area (Å²) in [7, 11) is 3.67. The van der Waals surface area contributed by atoms with E-state index in [9.17, 15) is 4.79 Å². The maximum Gasteiger partial charge on any atom is 0.236 e. The first kappa shape index (κ1) is 23.1. The Hall–Kier alpha value is -2.66. The molecule has 1 saturated heterocycles. The lowest BCUT2D eigenvalue weighted by molar-refractivity contribution is -0.130. The van der Waals surface area contributed by atoms with Gasteiger partial charge in [0.05, 0.1) is 12.2 Å². The highest BCUT2D eigenvalue weighted by atomic mass is 16.2. The van der Waals surface area contributed by atoms with Gasteiger partial charge in [0.1, 0.15) is 0 Å². The Balaban J connectivity index is 1.43. The number of aryl methyl sites for hydroxylation is 1. The standard InChI is InChI=1S/C29H38N4O/c1-18(2)28-24-15-22(20-10-12-33(13-11-20)17-27(34)32(4)5)8-9-25(24)31-29(28)23-14-19(3)30-26(16-23)21-6-7-21/h8-9,14-16,18,20-21,31H,6-7,10-13,17H2,1-5H3. The number of hydrogen-bond donors (Lipinski definition) is 1. The first-order valence-corrected chi connectivity index (χ1v) is 12.9. The number of benzene rings is 1. The van der Waals surface area contributed by atoms with Crippen molar-refractivity contribution in [2.45, 2.75) is 64.2 Å². The molecule has 34 heavy (non-hydrogen) atoms. The van der Waals surface area contributed by atoms with E-state index in [2.05, 4.69) is 61.0 Å². The number of pyridine rings is 1. The molecule has 2 aromatic heterocycles. The van der Waals surface area contributed by atoms with Crippen LogP contribution in [0.15, 0.2) is 30.3 Å². The third-order valence-electron chi connectivity index (χ3n) is 7.61. The molecule has 2 aliphatic rings. The molecule has 3 heterocycles. The predicted molar refractivity (Wildman–Crippen MR) is 139 cm³/mol. The number of aromatic nitrogens is 2. The third kappa shape index (κ3) is 4.63. The largest absolute Gasteiger partial charge is 0.354 e. The summed E-state index contributed by atoms with van der Waals surface area (Å²) in [5.74, 6) is 1.82. The maximum absolute atomic E-state index is 12.1. The van der Waals surface area contributed by atoms with Crippen molar-refractivity contribution >= 4 is 16.8 Å². The van der Waals surface area contributed by atoms with Crippen molar-refractivity contribution in [3.8, 4) is 11.3 Å². The Bertz CT molecular complexity index is 1200. The molecule has 1 N–H and O–H groups in total. The van der Waals surface area contributed by atoms with Crippen molar-refractivity contribution in [2.75, 3.05) is 33.7 Å². The molecule has 0 spiro atoms. The third-order valence-corrected chi connectivity index (χ3v) is 7.61. The van der Waals surface area contributed by atoms with E-state index in [-0.39, 0.29) is 5.91 Å². The number of nitrogens with zero attached hydrogens (tertiary/aromatic N) is 3. The van der Waals surface area contributed by atoms with Crippen molar-refractivity contribution in [3.63, 3.8) is 0 Å². The van der Waals surface area contributed by atoms with E-state index in [0.717, 1.165) is 31.6 Å². The Kier molecular flexibility index (Phi) is 6.24. The van der Waals surface area contributed by atoms with Crippen LogP contribution in [0, 0.1) is 6.92 Å². The van der Waals surface area contributed by atoms with Crippen LogP contribution in [0.1, 0.15) is 79.8 Å². The zero-order chi connectivity index (χ0) is 24.0. The van der Waals surface area contributed by atoms with Gasteiger partial charge in [0.25, 0.3) is 0 Å². The maximum atomic E-state index is 12.1. The topological polar surface area (TPSA) is 52.2 Å². The van der Waals surface area contributed by atoms with Gasteiger partial charge in [0, 0.05) is 47.9 Å². The summed E-state index contributed by atoms with van der Waals surface area (Å²) in [4.78, 5) is 24.7. The molecule has 3 aromatic rings. The van der Waals surface area contributed by atoms with E-state index in [1.54, 1.807) is 4.90 Å². The molecule has 1 aliphatic carbocycles. The molecule has 2 fully saturated rings. The molecule has 180 valence electrons. The summed E-state index contributed by atoms with van der Waals surface area (Å²) < 4.78 is 0. The lowest BCUT2D eigenvalue weighted by Crippen LogP contribution is -2.40. The minimum absolute atomic E-state index is 0.192. The molecule has 0 atom stereocenters. The van der Waals surface area contributed by atoms with Crippen LogP contribution in [-0.2, 0) is 4.79 Å². The first-order valence-electron chi connectivity index (χ1n) is 12.9. The van der Waals surface area contributed by atoms with Gasteiger partial charge >= 0.3 is 0 Å². The highest BCUT2D eigenvalue weighted by Gasteiger charge is 2.27. The molecule has 0 radical (unpaired) electrons. The second kappa shape index (κ2) is 9.18. The molecule has 1 amide bonds. The van der Waals surface area contributed by atoms with E-state index in [1.165, 1.54) is 51.8 Å². The van der Waals surface area contributed by atoms with Gasteiger partial charge < -0.3 is 9.88 Å². The summed E-state index contributed by atoms with van der Waals surface area (Å²) in [6.07, 6.45) is 4.75. The number of piperidine rings is 1. The molecule has 1 aliphatic heterocycles. The number of nitrogens with one attached hydrogen (secondary N) is 1. The quantitative estimate of drug-likeness (QED) is 0.507. The summed E-state index contributed by atoms with van der Waals surface area (Å²) in [6.45, 7) is 9.22. The first-order chi connectivity index (χ1) is 16.3. The summed E-state index contributed by atoms with van der Waals surface area (Å²) in [5.41, 5.74) is 8.96. The van der Waals surface area contributed by atoms with Crippen LogP contribution in [0.3, 0.4) is 0 Å². The molecular formula is C29H38N4O. The number of amides is 1. The summed E-state index contributed by atoms with van der Waals surface area (Å²) >= 11 is 0. The zero-order valence-corrected chi connectivity index (χ0v) is 21.3. The van der Waals surface area contributed by atoms with Gasteiger partial charge in [0.2, 0.25) is 5.91 Å². The smallest absolute Gasteiger partial charge is 0.236 e. The highest BCUT2D eigenvalue weighted by molar-refractivity contribution is 5.92. The Morgan fingerprint density at radius 3 is 2.47 bits per heavy atom. The Morgan fingerprint density at radius 2 is 1.82 bits per heavy atom. The Labute approximate surface area is 203 Å². The van der Waals surface area contributed by atoms with Crippen molar-refractivity contribution in [3.05, 3.63) is 52.8 Å². The van der Waals surface area contributed by atoms with Gasteiger partial charge in [-0.15, -0.1) is 0 Å². The number of likely N-dealkylation sites (tertiary alicyclic amines) is 1. The number of rotatable bonds is 6. The lowest BCUT2D eigenvalue weighted by Gasteiger charge is -2.32. The highest BCUT2D eigenvalue weighted by Crippen LogP contribution is 2.42. The fraction of sp³-hybridized carbons (Fsp3) is 0.517. The van der Waals surface area contributed by atoms with Gasteiger partial charge in [-0.1, -0.05) is 19.9 Å². The number of carbonyl (C=O) groups is 1. The van der Waals surface area contributed by atoms with Crippen LogP contribution < -0.4 is 0 Å². The fourth-order valence-electron chi connectivity index (χ4n) is 5.50. The number of hydrogen-bond acceptors (Lipinski definition) is 3. The number of carbonyl (C=O) groups excluding carboxylic acids is 1. The van der Waals surface area contributed by atoms with E-state index < -0.39 is 0 Å². The van der Waals surface area contributed by atoms with E-state index in [1.807, 2.05) is 14.1 Å². The SMILES string of the molecule is Cc1cc(-c2[nH]c3ccc(C4CCN(CC(=O)N(C)C)CC4)cc3c2C(C)C)cc(C2CC2)n1. The monoisotopic (exact) mass is 458 g/mol. The van der Waals surface area contributed by atoms with Crippen LogP contribution in [0.2, 0.25) is 0 Å². The van der Waals surface area contributed by atoms with Crippen LogP contribution in [-0.4, -0.2) is 59.4 Å². The van der Waals surface area contributed by atoms with Crippen molar-refractivity contribution in [1.82, 2.24) is 19.8 Å². The second-order valence-electron chi connectivity index (χ2n) is 10.9. The average Bonchev–Trinajstić information content (AvgIpc) is 3.58. The van der Waals surface area contributed by atoms with Crippen LogP contribution in [0.5, 0.6) is 0 Å². The van der Waals surface area contributed by atoms with Gasteiger partial charge in [-0.3, -0.25) is 14.7 Å². The summed E-state index contributed by atoms with van der Waals surface area (Å²) in [6, 6.07) is 11.6. The minimum atomic E-state index is 0.192. The van der Waals surface area contributed by atoms with Crippen LogP contribution >= 0.6 is 0 Å². The van der Waals surface area contributed by atoms with Crippen molar-refractivity contribution < 1.29 is 4.79 Å². The Morgan fingerprint density at radius 1 is 1.09 bits per heavy atom. The van der Waals surface area contributed by atoms with Crippen LogP contribution in [0.4, 0.5) is 0 Å². The normalized spacial score (nSPS) is 17.6. The number of likely N-dealkylation sites (N-methyl/N-ethyl adjacent to an activating group) is 1. The lowest BCUT2D eigenvalue weighted by atomic mass is 9.87. The van der Waals surface area contributed by atoms with Gasteiger partial charge in [-0.2, -0.15) is 0 Å². The van der Waals surface area contributed by atoms with Gasteiger partial charge in [-0.25, -0.2) is 0 Å². The van der Waals surface area contributed by atoms with Gasteiger partial charge in [0.15, 0.2) is 0 Å². The molecule has 5 nitrogen and oxygen atoms in total.